The third-order valence-electron chi connectivity index (χ3n) is 2.60. The maximum atomic E-state index is 10.8. The first-order valence-corrected chi connectivity index (χ1v) is 7.71. The summed E-state index contributed by atoms with van der Waals surface area (Å²) in [6.45, 7) is 4.72. The van der Waals surface area contributed by atoms with Gasteiger partial charge in [0.25, 0.3) is 0 Å². The summed E-state index contributed by atoms with van der Waals surface area (Å²) in [7, 11) is 0. The average molecular weight is 297 g/mol. The Balaban J connectivity index is 1.92. The van der Waals surface area contributed by atoms with E-state index in [0.717, 1.165) is 22.1 Å². The summed E-state index contributed by atoms with van der Waals surface area (Å²) < 4.78 is 0. The third kappa shape index (κ3) is 3.59. The van der Waals surface area contributed by atoms with Gasteiger partial charge in [-0.1, -0.05) is 6.92 Å². The third-order valence-corrected chi connectivity index (χ3v) is 4.67. The molecule has 0 aliphatic carbocycles. The predicted molar refractivity (Wildman–Crippen MR) is 75.8 cm³/mol. The van der Waals surface area contributed by atoms with Crippen LogP contribution in [0.4, 0.5) is 0 Å². The molecule has 0 amide bonds. The molecule has 1 atom stereocenters. The van der Waals surface area contributed by atoms with Crippen molar-refractivity contribution in [2.45, 2.75) is 32.9 Å². The van der Waals surface area contributed by atoms with Crippen molar-refractivity contribution in [1.29, 1.82) is 0 Å². The fourth-order valence-electron chi connectivity index (χ4n) is 1.52. The largest absolute Gasteiger partial charge is 0.476 e. The van der Waals surface area contributed by atoms with Gasteiger partial charge in [-0.25, -0.2) is 14.8 Å². The van der Waals surface area contributed by atoms with Crippen molar-refractivity contribution < 1.29 is 9.90 Å². The lowest BCUT2D eigenvalue weighted by molar-refractivity contribution is 0.0691. The number of carboxylic acid groups (broad SMARTS) is 1. The quantitative estimate of drug-likeness (QED) is 0.857. The predicted octanol–water partition coefficient (Wildman–Crippen LogP) is 2.71. The number of carboxylic acids is 1. The Morgan fingerprint density at radius 1 is 1.42 bits per heavy atom. The topological polar surface area (TPSA) is 75.1 Å². The molecule has 0 aliphatic heterocycles. The lowest BCUT2D eigenvalue weighted by atomic mass is 10.3. The Hall–Kier alpha value is -1.31. The van der Waals surface area contributed by atoms with E-state index < -0.39 is 5.97 Å². The Labute approximate surface area is 119 Å². The minimum Gasteiger partial charge on any atom is -0.476 e. The number of aryl methyl sites for hydroxylation is 1. The number of nitrogens with one attached hydrogen (secondary N) is 1. The second-order valence-electron chi connectivity index (χ2n) is 4.06. The van der Waals surface area contributed by atoms with Gasteiger partial charge in [-0.2, -0.15) is 0 Å². The molecule has 0 saturated heterocycles. The summed E-state index contributed by atoms with van der Waals surface area (Å²) in [6, 6.07) is 0.0184. The minimum atomic E-state index is -0.984. The maximum Gasteiger partial charge on any atom is 0.355 e. The van der Waals surface area contributed by atoms with Crippen molar-refractivity contribution in [2.75, 3.05) is 0 Å². The van der Waals surface area contributed by atoms with Crippen LogP contribution in [0.15, 0.2) is 10.8 Å². The number of aromatic nitrogens is 2. The lowest BCUT2D eigenvalue weighted by Gasteiger charge is -2.09. The summed E-state index contributed by atoms with van der Waals surface area (Å²) in [6.07, 6.45) is 0.953. The molecule has 0 radical (unpaired) electrons. The number of hydrogen-bond donors (Lipinski definition) is 2. The van der Waals surface area contributed by atoms with Gasteiger partial charge in [-0.05, 0) is 13.3 Å². The monoisotopic (exact) mass is 297 g/mol. The van der Waals surface area contributed by atoms with E-state index in [9.17, 15) is 4.79 Å². The number of aromatic carboxylic acids is 1. The first kappa shape index (κ1) is 14.1. The fraction of sp³-hybridized carbons (Fsp3) is 0.417. The second kappa shape index (κ2) is 6.23. The van der Waals surface area contributed by atoms with Crippen molar-refractivity contribution >= 4 is 28.6 Å². The Kier molecular flexibility index (Phi) is 4.62. The van der Waals surface area contributed by atoms with Crippen molar-refractivity contribution in [3.63, 3.8) is 0 Å². The van der Waals surface area contributed by atoms with Crippen LogP contribution in [-0.2, 0) is 13.0 Å². The standard InChI is InChI=1S/C12H15N3O2S2/c1-3-10-14-8(5-18-10)4-13-7(2)11-15-9(6-19-11)12(16)17/h5-7,13H,3-4H2,1-2H3,(H,16,17). The molecule has 0 aliphatic rings. The summed E-state index contributed by atoms with van der Waals surface area (Å²) in [5.74, 6) is -0.984. The van der Waals surface area contributed by atoms with E-state index in [-0.39, 0.29) is 11.7 Å². The molecule has 0 aromatic carbocycles. The zero-order valence-corrected chi connectivity index (χ0v) is 12.3. The van der Waals surface area contributed by atoms with Gasteiger partial charge in [0.05, 0.1) is 16.7 Å². The number of carbonyl (C=O) groups is 1. The van der Waals surface area contributed by atoms with Crippen LogP contribution in [0, 0.1) is 0 Å². The number of thiazole rings is 2. The van der Waals surface area contributed by atoms with Crippen LogP contribution in [0.3, 0.4) is 0 Å². The molecular formula is C12H15N3O2S2. The smallest absolute Gasteiger partial charge is 0.355 e. The molecule has 0 saturated carbocycles. The Bertz CT molecular complexity index is 565. The van der Waals surface area contributed by atoms with Crippen molar-refractivity contribution in [3.05, 3.63) is 32.2 Å². The van der Waals surface area contributed by atoms with Gasteiger partial charge in [0.15, 0.2) is 5.69 Å². The van der Waals surface area contributed by atoms with Gasteiger partial charge in [-0.3, -0.25) is 0 Å². The van der Waals surface area contributed by atoms with E-state index in [1.165, 1.54) is 11.3 Å². The van der Waals surface area contributed by atoms with Gasteiger partial charge in [0.2, 0.25) is 0 Å². The molecule has 19 heavy (non-hydrogen) atoms. The highest BCUT2D eigenvalue weighted by atomic mass is 32.1. The molecular weight excluding hydrogens is 282 g/mol. The fourth-order valence-corrected chi connectivity index (χ4v) is 3.09. The molecule has 7 heteroatoms. The molecule has 2 heterocycles. The highest BCUT2D eigenvalue weighted by Crippen LogP contribution is 2.19. The summed E-state index contributed by atoms with van der Waals surface area (Å²) in [4.78, 5) is 19.3. The second-order valence-corrected chi connectivity index (χ2v) is 5.90. The number of hydrogen-bond acceptors (Lipinski definition) is 6. The zero-order valence-electron chi connectivity index (χ0n) is 10.7. The van der Waals surface area contributed by atoms with E-state index in [2.05, 4.69) is 22.2 Å². The van der Waals surface area contributed by atoms with Crippen LogP contribution in [-0.4, -0.2) is 21.0 Å². The molecule has 0 spiro atoms. The molecule has 2 aromatic heterocycles. The number of rotatable bonds is 6. The zero-order chi connectivity index (χ0) is 13.8. The molecule has 5 nitrogen and oxygen atoms in total. The summed E-state index contributed by atoms with van der Waals surface area (Å²) >= 11 is 3.02. The van der Waals surface area contributed by atoms with Crippen molar-refractivity contribution in [1.82, 2.24) is 15.3 Å². The van der Waals surface area contributed by atoms with Gasteiger partial charge >= 0.3 is 5.97 Å². The van der Waals surface area contributed by atoms with Crippen LogP contribution in [0.25, 0.3) is 0 Å². The Morgan fingerprint density at radius 2 is 2.21 bits per heavy atom. The van der Waals surface area contributed by atoms with Crippen molar-refractivity contribution in [3.8, 4) is 0 Å². The highest BCUT2D eigenvalue weighted by Gasteiger charge is 2.14. The van der Waals surface area contributed by atoms with Crippen LogP contribution in [0.5, 0.6) is 0 Å². The van der Waals surface area contributed by atoms with Gasteiger partial charge < -0.3 is 10.4 Å². The molecule has 0 bridgehead atoms. The molecule has 102 valence electrons. The average Bonchev–Trinajstić information content (AvgIpc) is 3.04. The SMILES string of the molecule is CCc1nc(CNC(C)c2nc(C(=O)O)cs2)cs1. The first-order valence-electron chi connectivity index (χ1n) is 5.95. The minimum absolute atomic E-state index is 0.0184. The maximum absolute atomic E-state index is 10.8. The molecule has 0 fully saturated rings. The van der Waals surface area contributed by atoms with E-state index in [0.29, 0.717) is 6.54 Å². The van der Waals surface area contributed by atoms with E-state index in [1.807, 2.05) is 12.3 Å². The molecule has 2 rings (SSSR count). The van der Waals surface area contributed by atoms with E-state index in [1.54, 1.807) is 16.7 Å². The van der Waals surface area contributed by atoms with Gasteiger partial charge in [-0.15, -0.1) is 22.7 Å². The lowest BCUT2D eigenvalue weighted by Crippen LogP contribution is -2.18. The van der Waals surface area contributed by atoms with E-state index >= 15 is 0 Å². The van der Waals surface area contributed by atoms with Crippen LogP contribution in [0.1, 0.15) is 46.1 Å². The van der Waals surface area contributed by atoms with Gasteiger partial charge in [0, 0.05) is 17.3 Å². The molecule has 2 N–H and O–H groups in total. The summed E-state index contributed by atoms with van der Waals surface area (Å²) in [5.41, 5.74) is 1.12. The first-order chi connectivity index (χ1) is 9.10. The highest BCUT2D eigenvalue weighted by molar-refractivity contribution is 7.10. The van der Waals surface area contributed by atoms with Gasteiger partial charge in [0.1, 0.15) is 5.01 Å². The van der Waals surface area contributed by atoms with Crippen LogP contribution < -0.4 is 5.32 Å². The van der Waals surface area contributed by atoms with Crippen LogP contribution >= 0.6 is 22.7 Å². The normalized spacial score (nSPS) is 12.5. The summed E-state index contributed by atoms with van der Waals surface area (Å²) in [5, 5.41) is 17.7. The van der Waals surface area contributed by atoms with Crippen LogP contribution in [0.2, 0.25) is 0 Å². The molecule has 2 aromatic rings. The van der Waals surface area contributed by atoms with Crippen molar-refractivity contribution in [2.24, 2.45) is 0 Å². The van der Waals surface area contributed by atoms with E-state index in [4.69, 9.17) is 5.11 Å². The molecule has 1 unspecified atom stereocenters. The number of nitrogens with zero attached hydrogens (tertiary/aromatic N) is 2. The Morgan fingerprint density at radius 3 is 2.79 bits per heavy atom.